The molecular formula is C19H22N6O3. The predicted octanol–water partition coefficient (Wildman–Crippen LogP) is 2.37. The summed E-state index contributed by atoms with van der Waals surface area (Å²) in [6.07, 6.45) is 3.01. The van der Waals surface area contributed by atoms with E-state index in [4.69, 9.17) is 4.74 Å². The van der Waals surface area contributed by atoms with Gasteiger partial charge >= 0.3 is 0 Å². The molecule has 3 rings (SSSR count). The number of benzene rings is 1. The molecule has 2 aromatic heterocycles. The summed E-state index contributed by atoms with van der Waals surface area (Å²) < 4.78 is 8.45. The van der Waals surface area contributed by atoms with Crippen molar-refractivity contribution in [2.45, 2.75) is 13.8 Å². The molecule has 0 saturated carbocycles. The molecule has 0 spiro atoms. The summed E-state index contributed by atoms with van der Waals surface area (Å²) >= 11 is 0. The normalized spacial score (nSPS) is 10.6. The first-order valence-corrected chi connectivity index (χ1v) is 8.76. The number of nitrogens with one attached hydrogen (secondary N) is 2. The van der Waals surface area contributed by atoms with Gasteiger partial charge in [0.25, 0.3) is 11.8 Å². The smallest absolute Gasteiger partial charge is 0.276 e. The highest BCUT2D eigenvalue weighted by Crippen LogP contribution is 2.20. The fourth-order valence-corrected chi connectivity index (χ4v) is 2.66. The fourth-order valence-electron chi connectivity index (χ4n) is 2.66. The van der Waals surface area contributed by atoms with Gasteiger partial charge in [-0.2, -0.15) is 10.2 Å². The second-order valence-electron chi connectivity index (χ2n) is 6.16. The van der Waals surface area contributed by atoms with E-state index in [0.717, 1.165) is 5.69 Å². The van der Waals surface area contributed by atoms with E-state index in [2.05, 4.69) is 20.8 Å². The van der Waals surface area contributed by atoms with Gasteiger partial charge in [0.1, 0.15) is 11.4 Å². The van der Waals surface area contributed by atoms with Gasteiger partial charge in [-0.1, -0.05) is 0 Å². The molecule has 9 nitrogen and oxygen atoms in total. The highest BCUT2D eigenvalue weighted by molar-refractivity contribution is 6.11. The number of carbonyl (C=O) groups excluding carboxylic acids is 2. The summed E-state index contributed by atoms with van der Waals surface area (Å²) in [5.41, 5.74) is 2.41. The summed E-state index contributed by atoms with van der Waals surface area (Å²) in [5, 5.41) is 13.7. The standard InChI is InChI=1S/C19H22N6O3/c1-5-28-14-8-6-13(7-9-14)18(26)23-16-11-21-25(4)17(16)19(27)22-15-10-20-24(3)12(15)2/h6-11H,5H2,1-4H3,(H,22,27)(H,23,26). The molecule has 28 heavy (non-hydrogen) atoms. The quantitative estimate of drug-likeness (QED) is 0.681. The van der Waals surface area contributed by atoms with Gasteiger partial charge in [-0.15, -0.1) is 0 Å². The molecule has 0 aliphatic rings. The molecule has 0 unspecified atom stereocenters. The zero-order valence-corrected chi connectivity index (χ0v) is 16.2. The van der Waals surface area contributed by atoms with Crippen molar-refractivity contribution in [2.75, 3.05) is 17.2 Å². The van der Waals surface area contributed by atoms with Gasteiger partial charge in [0.05, 0.1) is 36.1 Å². The Morgan fingerprint density at radius 3 is 2.18 bits per heavy atom. The van der Waals surface area contributed by atoms with Crippen molar-refractivity contribution in [1.29, 1.82) is 0 Å². The van der Waals surface area contributed by atoms with Crippen molar-refractivity contribution in [3.05, 3.63) is 53.6 Å². The molecule has 2 amide bonds. The highest BCUT2D eigenvalue weighted by atomic mass is 16.5. The Balaban J connectivity index is 1.77. The van der Waals surface area contributed by atoms with Crippen LogP contribution in [0.15, 0.2) is 36.7 Å². The minimum Gasteiger partial charge on any atom is -0.494 e. The van der Waals surface area contributed by atoms with Crippen LogP contribution in [0.4, 0.5) is 11.4 Å². The summed E-state index contributed by atoms with van der Waals surface area (Å²) in [6, 6.07) is 6.77. The Hall–Kier alpha value is -3.62. The van der Waals surface area contributed by atoms with Crippen LogP contribution in [0.5, 0.6) is 5.75 Å². The molecule has 0 bridgehead atoms. The van der Waals surface area contributed by atoms with Gasteiger partial charge in [-0.25, -0.2) is 0 Å². The number of aryl methyl sites for hydroxylation is 2. The Labute approximate surface area is 162 Å². The molecule has 2 N–H and O–H groups in total. The maximum absolute atomic E-state index is 12.7. The number of hydrogen-bond acceptors (Lipinski definition) is 5. The van der Waals surface area contributed by atoms with Gasteiger partial charge in [-0.05, 0) is 38.1 Å². The van der Waals surface area contributed by atoms with Crippen LogP contribution in [-0.4, -0.2) is 38.0 Å². The minimum atomic E-state index is -0.391. The average molecular weight is 382 g/mol. The molecule has 0 radical (unpaired) electrons. The van der Waals surface area contributed by atoms with Gasteiger partial charge in [-0.3, -0.25) is 19.0 Å². The Morgan fingerprint density at radius 1 is 0.964 bits per heavy atom. The number of amides is 2. The van der Waals surface area contributed by atoms with Crippen molar-refractivity contribution < 1.29 is 14.3 Å². The minimum absolute atomic E-state index is 0.238. The predicted molar refractivity (Wildman–Crippen MR) is 105 cm³/mol. The van der Waals surface area contributed by atoms with Crippen LogP contribution >= 0.6 is 0 Å². The third-order valence-corrected chi connectivity index (χ3v) is 4.31. The van der Waals surface area contributed by atoms with E-state index in [1.807, 2.05) is 13.8 Å². The summed E-state index contributed by atoms with van der Waals surface area (Å²) in [5.74, 6) is -0.0481. The van der Waals surface area contributed by atoms with E-state index in [9.17, 15) is 9.59 Å². The van der Waals surface area contributed by atoms with E-state index in [1.165, 1.54) is 10.9 Å². The molecule has 0 atom stereocenters. The van der Waals surface area contributed by atoms with E-state index < -0.39 is 5.91 Å². The number of rotatable bonds is 6. The van der Waals surface area contributed by atoms with Crippen LogP contribution in [0.2, 0.25) is 0 Å². The molecule has 146 valence electrons. The zero-order valence-electron chi connectivity index (χ0n) is 16.2. The number of aromatic nitrogens is 4. The Kier molecular flexibility index (Phi) is 5.44. The molecule has 0 fully saturated rings. The van der Waals surface area contributed by atoms with Crippen molar-refractivity contribution in [1.82, 2.24) is 19.6 Å². The number of hydrogen-bond donors (Lipinski definition) is 2. The lowest BCUT2D eigenvalue weighted by Gasteiger charge is -2.09. The average Bonchev–Trinajstić information content (AvgIpc) is 3.19. The molecular weight excluding hydrogens is 360 g/mol. The van der Waals surface area contributed by atoms with Gasteiger partial charge in [0.2, 0.25) is 0 Å². The first-order chi connectivity index (χ1) is 13.4. The molecule has 2 heterocycles. The van der Waals surface area contributed by atoms with Gasteiger partial charge in [0.15, 0.2) is 0 Å². The molecule has 3 aromatic rings. The first kappa shape index (κ1) is 19.2. The van der Waals surface area contributed by atoms with Gasteiger partial charge < -0.3 is 15.4 Å². The highest BCUT2D eigenvalue weighted by Gasteiger charge is 2.20. The van der Waals surface area contributed by atoms with Crippen LogP contribution in [-0.2, 0) is 14.1 Å². The van der Waals surface area contributed by atoms with Crippen LogP contribution in [0.1, 0.15) is 33.5 Å². The van der Waals surface area contributed by atoms with Crippen LogP contribution in [0.3, 0.4) is 0 Å². The summed E-state index contributed by atoms with van der Waals surface area (Å²) in [6.45, 7) is 4.29. The molecule has 0 saturated heterocycles. The van der Waals surface area contributed by atoms with Crippen molar-refractivity contribution in [2.24, 2.45) is 14.1 Å². The van der Waals surface area contributed by atoms with E-state index in [-0.39, 0.29) is 11.6 Å². The Bertz CT molecular complexity index is 1000. The number of anilines is 2. The van der Waals surface area contributed by atoms with E-state index in [0.29, 0.717) is 29.3 Å². The van der Waals surface area contributed by atoms with Gasteiger partial charge in [0, 0.05) is 19.7 Å². The Morgan fingerprint density at radius 2 is 1.57 bits per heavy atom. The lowest BCUT2D eigenvalue weighted by molar-refractivity contribution is 0.101. The number of carbonyl (C=O) groups is 2. The lowest BCUT2D eigenvalue weighted by Crippen LogP contribution is -2.20. The monoisotopic (exact) mass is 382 g/mol. The first-order valence-electron chi connectivity index (χ1n) is 8.76. The SMILES string of the molecule is CCOc1ccc(C(=O)Nc2cnn(C)c2C(=O)Nc2cnn(C)c2C)cc1. The van der Waals surface area contributed by atoms with E-state index in [1.54, 1.807) is 49.2 Å². The van der Waals surface area contributed by atoms with Crippen molar-refractivity contribution >= 4 is 23.2 Å². The van der Waals surface area contributed by atoms with Crippen molar-refractivity contribution in [3.8, 4) is 5.75 Å². The third-order valence-electron chi connectivity index (χ3n) is 4.31. The van der Waals surface area contributed by atoms with Crippen LogP contribution in [0.25, 0.3) is 0 Å². The summed E-state index contributed by atoms with van der Waals surface area (Å²) in [7, 11) is 3.43. The lowest BCUT2D eigenvalue weighted by atomic mass is 10.2. The maximum Gasteiger partial charge on any atom is 0.276 e. The molecule has 0 aliphatic carbocycles. The van der Waals surface area contributed by atoms with Crippen molar-refractivity contribution in [3.63, 3.8) is 0 Å². The number of ether oxygens (including phenoxy) is 1. The fraction of sp³-hybridized carbons (Fsp3) is 0.263. The molecule has 9 heteroatoms. The largest absolute Gasteiger partial charge is 0.494 e. The number of nitrogens with zero attached hydrogens (tertiary/aromatic N) is 4. The maximum atomic E-state index is 12.7. The molecule has 1 aromatic carbocycles. The summed E-state index contributed by atoms with van der Waals surface area (Å²) in [4.78, 5) is 25.3. The van der Waals surface area contributed by atoms with Crippen LogP contribution < -0.4 is 15.4 Å². The topological polar surface area (TPSA) is 103 Å². The zero-order chi connectivity index (χ0) is 20.3. The van der Waals surface area contributed by atoms with E-state index >= 15 is 0 Å². The third kappa shape index (κ3) is 3.88. The molecule has 0 aliphatic heterocycles. The van der Waals surface area contributed by atoms with Crippen LogP contribution in [0, 0.1) is 6.92 Å². The second kappa shape index (κ2) is 7.95. The second-order valence-corrected chi connectivity index (χ2v) is 6.16.